The standard InChI is InChI=1S/C12H19N3O/c1-9(13-2)12(16)14-10-5-7-11(8-6-10)15(3)4/h5-9,13H,1-4H3,(H,14,16). The number of nitrogens with one attached hydrogen (secondary N) is 2. The van der Waals surface area contributed by atoms with Gasteiger partial charge in [0.2, 0.25) is 5.91 Å². The number of likely N-dealkylation sites (N-methyl/N-ethyl adjacent to an activating group) is 1. The van der Waals surface area contributed by atoms with Gasteiger partial charge in [0.15, 0.2) is 0 Å². The molecule has 0 aliphatic carbocycles. The summed E-state index contributed by atoms with van der Waals surface area (Å²) in [5.41, 5.74) is 1.93. The molecule has 0 heterocycles. The predicted molar refractivity (Wildman–Crippen MR) is 67.9 cm³/mol. The Labute approximate surface area is 96.6 Å². The van der Waals surface area contributed by atoms with Crippen molar-refractivity contribution in [2.45, 2.75) is 13.0 Å². The third-order valence-electron chi connectivity index (χ3n) is 2.48. The quantitative estimate of drug-likeness (QED) is 0.805. The second kappa shape index (κ2) is 5.51. The first kappa shape index (κ1) is 12.5. The zero-order chi connectivity index (χ0) is 12.1. The van der Waals surface area contributed by atoms with Gasteiger partial charge in [-0.15, -0.1) is 0 Å². The van der Waals surface area contributed by atoms with E-state index in [1.807, 2.05) is 50.2 Å². The first-order valence-corrected chi connectivity index (χ1v) is 5.30. The van der Waals surface area contributed by atoms with Crippen molar-refractivity contribution in [1.82, 2.24) is 5.32 Å². The zero-order valence-electron chi connectivity index (χ0n) is 10.2. The van der Waals surface area contributed by atoms with Crippen LogP contribution in [-0.4, -0.2) is 33.1 Å². The van der Waals surface area contributed by atoms with E-state index in [4.69, 9.17) is 0 Å². The highest BCUT2D eigenvalue weighted by Crippen LogP contribution is 2.15. The van der Waals surface area contributed by atoms with Crippen molar-refractivity contribution >= 4 is 17.3 Å². The molecule has 0 aliphatic rings. The summed E-state index contributed by atoms with van der Waals surface area (Å²) < 4.78 is 0. The highest BCUT2D eigenvalue weighted by Gasteiger charge is 2.09. The molecule has 1 aromatic rings. The molecular formula is C12H19N3O. The highest BCUT2D eigenvalue weighted by molar-refractivity contribution is 5.94. The van der Waals surface area contributed by atoms with Crippen LogP contribution in [0.4, 0.5) is 11.4 Å². The number of rotatable bonds is 4. The lowest BCUT2D eigenvalue weighted by molar-refractivity contribution is -0.117. The monoisotopic (exact) mass is 221 g/mol. The van der Waals surface area contributed by atoms with Gasteiger partial charge in [-0.1, -0.05) is 0 Å². The average molecular weight is 221 g/mol. The minimum Gasteiger partial charge on any atom is -0.378 e. The van der Waals surface area contributed by atoms with Gasteiger partial charge in [-0.25, -0.2) is 0 Å². The van der Waals surface area contributed by atoms with E-state index >= 15 is 0 Å². The van der Waals surface area contributed by atoms with Crippen molar-refractivity contribution in [3.8, 4) is 0 Å². The van der Waals surface area contributed by atoms with Crippen molar-refractivity contribution < 1.29 is 4.79 Å². The minimum atomic E-state index is -0.187. The van der Waals surface area contributed by atoms with Gasteiger partial charge < -0.3 is 15.5 Å². The maximum atomic E-state index is 11.6. The lowest BCUT2D eigenvalue weighted by atomic mass is 10.2. The van der Waals surface area contributed by atoms with Gasteiger partial charge in [-0.05, 0) is 38.2 Å². The highest BCUT2D eigenvalue weighted by atomic mass is 16.2. The lowest BCUT2D eigenvalue weighted by Crippen LogP contribution is -2.35. The summed E-state index contributed by atoms with van der Waals surface area (Å²) in [5, 5.41) is 5.73. The molecule has 4 nitrogen and oxygen atoms in total. The first-order valence-electron chi connectivity index (χ1n) is 5.30. The molecule has 16 heavy (non-hydrogen) atoms. The fourth-order valence-electron chi connectivity index (χ4n) is 1.22. The second-order valence-electron chi connectivity index (χ2n) is 3.94. The summed E-state index contributed by atoms with van der Waals surface area (Å²) in [6.45, 7) is 1.82. The van der Waals surface area contributed by atoms with E-state index in [1.54, 1.807) is 7.05 Å². The number of anilines is 2. The molecule has 1 atom stereocenters. The van der Waals surface area contributed by atoms with Gasteiger partial charge in [0.05, 0.1) is 6.04 Å². The Morgan fingerprint density at radius 2 is 1.81 bits per heavy atom. The van der Waals surface area contributed by atoms with Crippen LogP contribution in [0.1, 0.15) is 6.92 Å². The van der Waals surface area contributed by atoms with Crippen molar-refractivity contribution in [1.29, 1.82) is 0 Å². The molecule has 1 rings (SSSR count). The summed E-state index contributed by atoms with van der Waals surface area (Å²) in [5.74, 6) is -0.0277. The van der Waals surface area contributed by atoms with E-state index < -0.39 is 0 Å². The van der Waals surface area contributed by atoms with Crippen molar-refractivity contribution in [3.05, 3.63) is 24.3 Å². The van der Waals surface area contributed by atoms with Crippen LogP contribution in [0.25, 0.3) is 0 Å². The molecule has 0 aromatic heterocycles. The van der Waals surface area contributed by atoms with Crippen LogP contribution in [-0.2, 0) is 4.79 Å². The summed E-state index contributed by atoms with van der Waals surface area (Å²) >= 11 is 0. The molecule has 1 aromatic carbocycles. The number of hydrogen-bond acceptors (Lipinski definition) is 3. The van der Waals surface area contributed by atoms with Crippen LogP contribution in [0.5, 0.6) is 0 Å². The first-order chi connectivity index (χ1) is 7.54. The number of nitrogens with zero attached hydrogens (tertiary/aromatic N) is 1. The second-order valence-corrected chi connectivity index (χ2v) is 3.94. The molecule has 0 aliphatic heterocycles. The molecule has 0 saturated carbocycles. The zero-order valence-corrected chi connectivity index (χ0v) is 10.2. The molecule has 1 amide bonds. The van der Waals surface area contributed by atoms with Crippen LogP contribution in [0.2, 0.25) is 0 Å². The Bertz CT molecular complexity index is 346. The van der Waals surface area contributed by atoms with E-state index in [9.17, 15) is 4.79 Å². The minimum absolute atomic E-state index is 0.0277. The summed E-state index contributed by atoms with van der Waals surface area (Å²) in [4.78, 5) is 13.6. The Hall–Kier alpha value is -1.55. The Morgan fingerprint density at radius 1 is 1.25 bits per heavy atom. The van der Waals surface area contributed by atoms with E-state index in [2.05, 4.69) is 10.6 Å². The van der Waals surface area contributed by atoms with E-state index in [-0.39, 0.29) is 11.9 Å². The number of carbonyl (C=O) groups excluding carboxylic acids is 1. The third-order valence-corrected chi connectivity index (χ3v) is 2.48. The maximum Gasteiger partial charge on any atom is 0.241 e. The smallest absolute Gasteiger partial charge is 0.241 e. The van der Waals surface area contributed by atoms with Crippen molar-refractivity contribution in [2.24, 2.45) is 0 Å². The largest absolute Gasteiger partial charge is 0.378 e. The summed E-state index contributed by atoms with van der Waals surface area (Å²) in [7, 11) is 5.73. The molecule has 0 fully saturated rings. The topological polar surface area (TPSA) is 44.4 Å². The number of benzene rings is 1. The van der Waals surface area contributed by atoms with Crippen LogP contribution in [0.3, 0.4) is 0 Å². The molecule has 0 bridgehead atoms. The molecule has 0 spiro atoms. The number of amides is 1. The predicted octanol–water partition coefficient (Wildman–Crippen LogP) is 1.30. The summed E-state index contributed by atoms with van der Waals surface area (Å²) in [6.07, 6.45) is 0. The van der Waals surface area contributed by atoms with E-state index in [0.717, 1.165) is 11.4 Å². The Morgan fingerprint density at radius 3 is 2.25 bits per heavy atom. The SMILES string of the molecule is CNC(C)C(=O)Nc1ccc(N(C)C)cc1. The van der Waals surface area contributed by atoms with Gasteiger partial charge in [-0.2, -0.15) is 0 Å². The fraction of sp³-hybridized carbons (Fsp3) is 0.417. The van der Waals surface area contributed by atoms with Gasteiger partial charge in [-0.3, -0.25) is 4.79 Å². The van der Waals surface area contributed by atoms with Crippen molar-refractivity contribution in [3.63, 3.8) is 0 Å². The molecule has 2 N–H and O–H groups in total. The van der Waals surface area contributed by atoms with Crippen molar-refractivity contribution in [2.75, 3.05) is 31.4 Å². The van der Waals surface area contributed by atoms with Gasteiger partial charge in [0.25, 0.3) is 0 Å². The molecule has 0 radical (unpaired) electrons. The lowest BCUT2D eigenvalue weighted by Gasteiger charge is -2.14. The van der Waals surface area contributed by atoms with E-state index in [0.29, 0.717) is 0 Å². The normalized spacial score (nSPS) is 12.0. The number of hydrogen-bond donors (Lipinski definition) is 2. The Kier molecular flexibility index (Phi) is 4.31. The summed E-state index contributed by atoms with van der Waals surface area (Å²) in [6, 6.07) is 7.55. The number of carbonyl (C=O) groups is 1. The Balaban J connectivity index is 2.65. The van der Waals surface area contributed by atoms with Crippen LogP contribution >= 0.6 is 0 Å². The van der Waals surface area contributed by atoms with Crippen LogP contribution < -0.4 is 15.5 Å². The third kappa shape index (κ3) is 3.24. The molecule has 88 valence electrons. The molecule has 4 heteroatoms. The van der Waals surface area contributed by atoms with Crippen LogP contribution in [0.15, 0.2) is 24.3 Å². The van der Waals surface area contributed by atoms with Gasteiger partial charge in [0.1, 0.15) is 0 Å². The van der Waals surface area contributed by atoms with Gasteiger partial charge in [0, 0.05) is 25.5 Å². The average Bonchev–Trinajstić information content (AvgIpc) is 2.28. The molecule has 1 unspecified atom stereocenters. The van der Waals surface area contributed by atoms with Gasteiger partial charge >= 0.3 is 0 Å². The maximum absolute atomic E-state index is 11.6. The fourth-order valence-corrected chi connectivity index (χ4v) is 1.22. The van der Waals surface area contributed by atoms with Crippen LogP contribution in [0, 0.1) is 0 Å². The molecule has 0 saturated heterocycles. The molecular weight excluding hydrogens is 202 g/mol. The van der Waals surface area contributed by atoms with E-state index in [1.165, 1.54) is 0 Å².